The van der Waals surface area contributed by atoms with Gasteiger partial charge in [-0.2, -0.15) is 0 Å². The maximum absolute atomic E-state index is 12.1. The van der Waals surface area contributed by atoms with Gasteiger partial charge in [0.05, 0.1) is 0 Å². The van der Waals surface area contributed by atoms with Crippen LogP contribution in [0, 0.1) is 5.92 Å². The van der Waals surface area contributed by atoms with Crippen molar-refractivity contribution in [2.45, 2.75) is 51.6 Å². The molecule has 2 heterocycles. The van der Waals surface area contributed by atoms with E-state index >= 15 is 0 Å². The van der Waals surface area contributed by atoms with E-state index < -0.39 is 0 Å². The molecule has 0 bridgehead atoms. The van der Waals surface area contributed by atoms with Crippen molar-refractivity contribution in [3.05, 3.63) is 35.4 Å². The van der Waals surface area contributed by atoms with Gasteiger partial charge in [-0.1, -0.05) is 24.3 Å². The van der Waals surface area contributed by atoms with Gasteiger partial charge in [-0.15, -0.1) is 0 Å². The number of amides is 1. The molecule has 132 valence electrons. The maximum atomic E-state index is 12.1. The van der Waals surface area contributed by atoms with Crippen LogP contribution in [-0.4, -0.2) is 37.0 Å². The number of rotatable bonds is 7. The summed E-state index contributed by atoms with van der Waals surface area (Å²) in [6.07, 6.45) is 6.78. The molecule has 2 aliphatic rings. The second-order valence-electron chi connectivity index (χ2n) is 7.31. The number of carbonyl (C=O) groups is 1. The molecule has 4 heteroatoms. The molecule has 0 saturated carbocycles. The fraction of sp³-hybridized carbons (Fsp3) is 0.650. The van der Waals surface area contributed by atoms with Crippen LogP contribution >= 0.6 is 0 Å². The Morgan fingerprint density at radius 1 is 1.17 bits per heavy atom. The Morgan fingerprint density at radius 3 is 2.71 bits per heavy atom. The van der Waals surface area contributed by atoms with Crippen molar-refractivity contribution in [2.75, 3.05) is 26.2 Å². The smallest absolute Gasteiger partial charge is 0.220 e. The zero-order chi connectivity index (χ0) is 16.6. The monoisotopic (exact) mass is 329 g/mol. The van der Waals surface area contributed by atoms with E-state index in [0.717, 1.165) is 32.0 Å². The number of piperidine rings is 1. The molecule has 0 aromatic heterocycles. The molecule has 2 fully saturated rings. The molecular weight excluding hydrogens is 298 g/mol. The Labute approximate surface area is 146 Å². The quantitative estimate of drug-likeness (QED) is 0.808. The number of benzene rings is 1. The van der Waals surface area contributed by atoms with Crippen LogP contribution in [0.15, 0.2) is 24.3 Å². The van der Waals surface area contributed by atoms with Gasteiger partial charge < -0.3 is 10.6 Å². The first-order chi connectivity index (χ1) is 11.8. The van der Waals surface area contributed by atoms with Gasteiger partial charge in [-0.3, -0.25) is 9.69 Å². The highest BCUT2D eigenvalue weighted by Crippen LogP contribution is 2.17. The molecule has 0 radical (unpaired) electrons. The van der Waals surface area contributed by atoms with Crippen LogP contribution in [0.5, 0.6) is 0 Å². The average molecular weight is 329 g/mol. The lowest BCUT2D eigenvalue weighted by molar-refractivity contribution is -0.121. The fourth-order valence-electron chi connectivity index (χ4n) is 3.83. The van der Waals surface area contributed by atoms with Crippen LogP contribution in [0.4, 0.5) is 0 Å². The molecule has 2 aliphatic heterocycles. The van der Waals surface area contributed by atoms with Crippen molar-refractivity contribution >= 4 is 5.91 Å². The number of nitrogens with zero attached hydrogens (tertiary/aromatic N) is 1. The van der Waals surface area contributed by atoms with Crippen molar-refractivity contribution in [1.82, 2.24) is 15.5 Å². The van der Waals surface area contributed by atoms with Crippen molar-refractivity contribution < 1.29 is 4.79 Å². The van der Waals surface area contributed by atoms with Crippen LogP contribution < -0.4 is 10.6 Å². The third kappa shape index (κ3) is 5.60. The number of nitrogens with one attached hydrogen (secondary N) is 2. The number of hydrogen-bond acceptors (Lipinski definition) is 3. The van der Waals surface area contributed by atoms with Crippen molar-refractivity contribution in [2.24, 2.45) is 5.92 Å². The predicted octanol–water partition coefficient (Wildman–Crippen LogP) is 2.68. The molecule has 0 spiro atoms. The lowest BCUT2D eigenvalue weighted by atomic mass is 9.93. The highest BCUT2D eigenvalue weighted by atomic mass is 16.1. The van der Waals surface area contributed by atoms with Crippen molar-refractivity contribution in [3.63, 3.8) is 0 Å². The standard InChI is InChI=1S/C20H31N3O/c24-20(7-6-17-8-10-21-11-9-17)22-15-18-4-3-5-19(14-18)16-23-12-1-2-13-23/h3-5,14,17,21H,1-2,6-13,15-16H2,(H,22,24). The van der Waals surface area contributed by atoms with E-state index in [9.17, 15) is 4.79 Å². The third-order valence-electron chi connectivity index (χ3n) is 5.32. The largest absolute Gasteiger partial charge is 0.352 e. The summed E-state index contributed by atoms with van der Waals surface area (Å²) in [5.74, 6) is 0.916. The van der Waals surface area contributed by atoms with E-state index in [1.165, 1.54) is 49.9 Å². The van der Waals surface area contributed by atoms with Crippen LogP contribution in [0.25, 0.3) is 0 Å². The Hall–Kier alpha value is -1.39. The second kappa shape index (κ2) is 9.19. The summed E-state index contributed by atoms with van der Waals surface area (Å²) in [6, 6.07) is 8.66. The minimum Gasteiger partial charge on any atom is -0.352 e. The van der Waals surface area contributed by atoms with E-state index in [2.05, 4.69) is 39.8 Å². The van der Waals surface area contributed by atoms with E-state index in [1.807, 2.05) is 0 Å². The Morgan fingerprint density at radius 2 is 1.92 bits per heavy atom. The summed E-state index contributed by atoms with van der Waals surface area (Å²) in [4.78, 5) is 14.6. The molecule has 3 rings (SSSR count). The zero-order valence-corrected chi connectivity index (χ0v) is 14.7. The molecule has 0 atom stereocenters. The SMILES string of the molecule is O=C(CCC1CCNCC1)NCc1cccc(CN2CCCC2)c1. The molecule has 2 saturated heterocycles. The lowest BCUT2D eigenvalue weighted by Crippen LogP contribution is -2.29. The average Bonchev–Trinajstić information content (AvgIpc) is 3.12. The Balaban J connectivity index is 1.39. The highest BCUT2D eigenvalue weighted by Gasteiger charge is 2.14. The van der Waals surface area contributed by atoms with Crippen molar-refractivity contribution in [1.29, 1.82) is 0 Å². The molecule has 1 aromatic carbocycles. The number of hydrogen-bond donors (Lipinski definition) is 2. The summed E-state index contributed by atoms with van der Waals surface area (Å²) in [6.45, 7) is 6.35. The van der Waals surface area contributed by atoms with Gasteiger partial charge in [-0.05, 0) is 75.3 Å². The summed E-state index contributed by atoms with van der Waals surface area (Å²) in [5, 5.41) is 6.47. The molecule has 0 unspecified atom stereocenters. The van der Waals surface area contributed by atoms with Gasteiger partial charge in [0.1, 0.15) is 0 Å². The Bertz CT molecular complexity index is 519. The zero-order valence-electron chi connectivity index (χ0n) is 14.7. The molecule has 1 aromatic rings. The van der Waals surface area contributed by atoms with Crippen LogP contribution in [-0.2, 0) is 17.9 Å². The first-order valence-electron chi connectivity index (χ1n) is 9.57. The summed E-state index contributed by atoms with van der Waals surface area (Å²) in [5.41, 5.74) is 2.57. The summed E-state index contributed by atoms with van der Waals surface area (Å²) < 4.78 is 0. The fourth-order valence-corrected chi connectivity index (χ4v) is 3.83. The third-order valence-corrected chi connectivity index (χ3v) is 5.32. The van der Waals surface area contributed by atoms with E-state index in [4.69, 9.17) is 0 Å². The minimum atomic E-state index is 0.193. The van der Waals surface area contributed by atoms with Gasteiger partial charge in [0.15, 0.2) is 0 Å². The van der Waals surface area contributed by atoms with Crippen LogP contribution in [0.1, 0.15) is 49.7 Å². The molecule has 4 nitrogen and oxygen atoms in total. The molecular formula is C20H31N3O. The predicted molar refractivity (Wildman–Crippen MR) is 97.6 cm³/mol. The van der Waals surface area contributed by atoms with Gasteiger partial charge >= 0.3 is 0 Å². The maximum Gasteiger partial charge on any atom is 0.220 e. The van der Waals surface area contributed by atoms with Crippen LogP contribution in [0.2, 0.25) is 0 Å². The molecule has 24 heavy (non-hydrogen) atoms. The molecule has 1 amide bonds. The van der Waals surface area contributed by atoms with E-state index in [1.54, 1.807) is 0 Å². The normalized spacial score (nSPS) is 19.5. The minimum absolute atomic E-state index is 0.193. The summed E-state index contributed by atoms with van der Waals surface area (Å²) in [7, 11) is 0. The van der Waals surface area contributed by atoms with E-state index in [-0.39, 0.29) is 5.91 Å². The van der Waals surface area contributed by atoms with Gasteiger partial charge in [0.25, 0.3) is 0 Å². The van der Waals surface area contributed by atoms with Gasteiger partial charge in [0, 0.05) is 19.5 Å². The van der Waals surface area contributed by atoms with Crippen molar-refractivity contribution in [3.8, 4) is 0 Å². The molecule has 0 aliphatic carbocycles. The highest BCUT2D eigenvalue weighted by molar-refractivity contribution is 5.75. The van der Waals surface area contributed by atoms with Gasteiger partial charge in [0.2, 0.25) is 5.91 Å². The second-order valence-corrected chi connectivity index (χ2v) is 7.31. The number of carbonyl (C=O) groups excluding carboxylic acids is 1. The van der Waals surface area contributed by atoms with E-state index in [0.29, 0.717) is 13.0 Å². The first kappa shape index (κ1) is 17.4. The lowest BCUT2D eigenvalue weighted by Gasteiger charge is -2.22. The topological polar surface area (TPSA) is 44.4 Å². The Kier molecular flexibility index (Phi) is 6.67. The van der Waals surface area contributed by atoms with Gasteiger partial charge in [-0.25, -0.2) is 0 Å². The van der Waals surface area contributed by atoms with Crippen LogP contribution in [0.3, 0.4) is 0 Å². The molecule has 2 N–H and O–H groups in total. The number of likely N-dealkylation sites (tertiary alicyclic amines) is 1. The summed E-state index contributed by atoms with van der Waals surface area (Å²) >= 11 is 0. The first-order valence-corrected chi connectivity index (χ1v) is 9.57.